The van der Waals surface area contributed by atoms with Crippen LogP contribution in [0.3, 0.4) is 0 Å². The number of benzene rings is 2. The molecule has 0 bridgehead atoms. The number of methoxy groups -OCH3 is 1. The van der Waals surface area contributed by atoms with Gasteiger partial charge >= 0.3 is 0 Å². The van der Waals surface area contributed by atoms with Gasteiger partial charge in [0.15, 0.2) is 6.61 Å². The average Bonchev–Trinajstić information content (AvgIpc) is 2.72. The molecular weight excluding hydrogens is 392 g/mol. The second-order valence-corrected chi connectivity index (χ2v) is 8.12. The lowest BCUT2D eigenvalue weighted by molar-refractivity contribution is -0.118. The monoisotopic (exact) mass is 420 g/mol. The lowest BCUT2D eigenvalue weighted by atomic mass is 10.0. The maximum absolute atomic E-state index is 12.3. The molecule has 0 aliphatic heterocycles. The minimum Gasteiger partial charge on any atom is -0.484 e. The van der Waals surface area contributed by atoms with E-state index in [4.69, 9.17) is 9.47 Å². The van der Waals surface area contributed by atoms with Crippen LogP contribution in [-0.4, -0.2) is 41.2 Å². The Balaban J connectivity index is 1.96. The number of carbonyl (C=O) groups excluding carboxylic acids is 1. The van der Waals surface area contributed by atoms with E-state index in [1.807, 2.05) is 32.0 Å². The SMILES string of the molecule is CCc1cccc(CC)c1NC(=O)COc1ccc(S(=O)(=O)NCCOC)cc1. The first-order chi connectivity index (χ1) is 13.9. The topological polar surface area (TPSA) is 93.7 Å². The molecule has 2 rings (SSSR count). The number of rotatable bonds is 11. The molecule has 0 spiro atoms. The maximum Gasteiger partial charge on any atom is 0.262 e. The summed E-state index contributed by atoms with van der Waals surface area (Å²) < 4.78 is 37.0. The van der Waals surface area contributed by atoms with E-state index >= 15 is 0 Å². The summed E-state index contributed by atoms with van der Waals surface area (Å²) in [4.78, 5) is 12.5. The molecule has 158 valence electrons. The minimum absolute atomic E-state index is 0.120. The number of carbonyl (C=O) groups is 1. The third-order valence-electron chi connectivity index (χ3n) is 4.37. The highest BCUT2D eigenvalue weighted by molar-refractivity contribution is 7.89. The molecule has 2 N–H and O–H groups in total. The lowest BCUT2D eigenvalue weighted by Crippen LogP contribution is -2.27. The van der Waals surface area contributed by atoms with Gasteiger partial charge in [-0.3, -0.25) is 4.79 Å². The van der Waals surface area contributed by atoms with Crippen molar-refractivity contribution in [2.24, 2.45) is 0 Å². The normalized spacial score (nSPS) is 11.3. The Bertz CT molecular complexity index is 889. The molecule has 1 amide bonds. The van der Waals surface area contributed by atoms with Crippen LogP contribution in [0.1, 0.15) is 25.0 Å². The highest BCUT2D eigenvalue weighted by Crippen LogP contribution is 2.22. The third-order valence-corrected chi connectivity index (χ3v) is 5.84. The molecule has 0 aromatic heterocycles. The number of sulfonamides is 1. The number of hydrogen-bond donors (Lipinski definition) is 2. The zero-order valence-corrected chi connectivity index (χ0v) is 17.8. The van der Waals surface area contributed by atoms with Crippen molar-refractivity contribution in [1.29, 1.82) is 0 Å². The van der Waals surface area contributed by atoms with Crippen LogP contribution in [0, 0.1) is 0 Å². The molecule has 0 fully saturated rings. The molecule has 2 aromatic carbocycles. The Kier molecular flexibility index (Phi) is 8.63. The fourth-order valence-electron chi connectivity index (χ4n) is 2.80. The van der Waals surface area contributed by atoms with E-state index in [9.17, 15) is 13.2 Å². The molecule has 0 heterocycles. The van der Waals surface area contributed by atoms with Crippen LogP contribution in [0.25, 0.3) is 0 Å². The lowest BCUT2D eigenvalue weighted by Gasteiger charge is -2.15. The number of aryl methyl sites for hydroxylation is 2. The van der Waals surface area contributed by atoms with E-state index in [0.29, 0.717) is 5.75 Å². The molecule has 0 saturated heterocycles. The summed E-state index contributed by atoms with van der Waals surface area (Å²) in [7, 11) is -2.10. The average molecular weight is 421 g/mol. The standard InChI is InChI=1S/C21H28N2O5S/c1-4-16-7-6-8-17(5-2)21(16)23-20(24)15-28-18-9-11-19(12-10-18)29(25,26)22-13-14-27-3/h6-12,22H,4-5,13-15H2,1-3H3,(H,23,24). The second kappa shape index (κ2) is 10.9. The van der Waals surface area contributed by atoms with Crippen molar-refractivity contribution in [2.45, 2.75) is 31.6 Å². The second-order valence-electron chi connectivity index (χ2n) is 6.36. The predicted octanol–water partition coefficient (Wildman–Crippen LogP) is 2.75. The van der Waals surface area contributed by atoms with Gasteiger partial charge in [0.1, 0.15) is 5.75 Å². The number of nitrogens with one attached hydrogen (secondary N) is 2. The summed E-state index contributed by atoms with van der Waals surface area (Å²) in [6, 6.07) is 11.9. The van der Waals surface area contributed by atoms with E-state index in [0.717, 1.165) is 29.7 Å². The van der Waals surface area contributed by atoms with E-state index in [-0.39, 0.29) is 30.6 Å². The van der Waals surface area contributed by atoms with Crippen molar-refractivity contribution in [3.05, 3.63) is 53.6 Å². The van der Waals surface area contributed by atoms with Crippen LogP contribution in [0.15, 0.2) is 47.4 Å². The molecule has 29 heavy (non-hydrogen) atoms. The van der Waals surface area contributed by atoms with Gasteiger partial charge in [0, 0.05) is 19.3 Å². The van der Waals surface area contributed by atoms with Gasteiger partial charge in [0.25, 0.3) is 5.91 Å². The molecule has 0 unspecified atom stereocenters. The van der Waals surface area contributed by atoms with Crippen LogP contribution in [0.2, 0.25) is 0 Å². The summed E-state index contributed by atoms with van der Waals surface area (Å²) in [5.74, 6) is 0.147. The van der Waals surface area contributed by atoms with Crippen LogP contribution < -0.4 is 14.8 Å². The molecular formula is C21H28N2O5S. The number of anilines is 1. The Labute approximate surface area is 172 Å². The van der Waals surface area contributed by atoms with Crippen molar-refractivity contribution in [3.8, 4) is 5.75 Å². The summed E-state index contributed by atoms with van der Waals surface area (Å²) in [6.45, 7) is 4.40. The van der Waals surface area contributed by atoms with Crippen LogP contribution in [-0.2, 0) is 32.4 Å². The Hall–Kier alpha value is -2.42. The zero-order chi connectivity index (χ0) is 21.3. The summed E-state index contributed by atoms with van der Waals surface area (Å²) >= 11 is 0. The Morgan fingerprint density at radius 3 is 2.17 bits per heavy atom. The van der Waals surface area contributed by atoms with Gasteiger partial charge in [0.2, 0.25) is 10.0 Å². The number of hydrogen-bond acceptors (Lipinski definition) is 5. The summed E-state index contributed by atoms with van der Waals surface area (Å²) in [5.41, 5.74) is 3.00. The van der Waals surface area contributed by atoms with Crippen LogP contribution in [0.5, 0.6) is 5.75 Å². The largest absolute Gasteiger partial charge is 0.484 e. The van der Waals surface area contributed by atoms with E-state index in [1.54, 1.807) is 0 Å². The van der Waals surface area contributed by atoms with Gasteiger partial charge in [-0.05, 0) is 48.2 Å². The molecule has 8 heteroatoms. The first-order valence-corrected chi connectivity index (χ1v) is 11.0. The molecule has 2 aromatic rings. The van der Waals surface area contributed by atoms with Crippen LogP contribution in [0.4, 0.5) is 5.69 Å². The molecule has 0 atom stereocenters. The van der Waals surface area contributed by atoms with Gasteiger partial charge < -0.3 is 14.8 Å². The third kappa shape index (κ3) is 6.56. The van der Waals surface area contributed by atoms with E-state index < -0.39 is 10.0 Å². The number of amides is 1. The van der Waals surface area contributed by atoms with E-state index in [2.05, 4.69) is 10.0 Å². The highest BCUT2D eigenvalue weighted by Gasteiger charge is 2.14. The van der Waals surface area contributed by atoms with Crippen molar-refractivity contribution in [3.63, 3.8) is 0 Å². The highest BCUT2D eigenvalue weighted by atomic mass is 32.2. The number of para-hydroxylation sites is 1. The maximum atomic E-state index is 12.3. The first-order valence-electron chi connectivity index (χ1n) is 9.53. The van der Waals surface area contributed by atoms with Gasteiger partial charge in [0.05, 0.1) is 11.5 Å². The molecule has 0 aliphatic carbocycles. The predicted molar refractivity (Wildman–Crippen MR) is 113 cm³/mol. The summed E-state index contributed by atoms with van der Waals surface area (Å²) in [5, 5.41) is 2.93. The first kappa shape index (κ1) is 22.9. The zero-order valence-electron chi connectivity index (χ0n) is 17.0. The van der Waals surface area contributed by atoms with Gasteiger partial charge in [-0.2, -0.15) is 0 Å². The Morgan fingerprint density at radius 1 is 1.00 bits per heavy atom. The quantitative estimate of drug-likeness (QED) is 0.545. The van der Waals surface area contributed by atoms with Crippen molar-refractivity contribution >= 4 is 21.6 Å². The Morgan fingerprint density at radius 2 is 1.62 bits per heavy atom. The van der Waals surface area contributed by atoms with Crippen molar-refractivity contribution in [1.82, 2.24) is 4.72 Å². The minimum atomic E-state index is -3.60. The molecule has 0 radical (unpaired) electrons. The molecule has 0 saturated carbocycles. The fourth-order valence-corrected chi connectivity index (χ4v) is 3.82. The summed E-state index contributed by atoms with van der Waals surface area (Å²) in [6.07, 6.45) is 1.64. The number of ether oxygens (including phenoxy) is 2. The molecule has 0 aliphatic rings. The van der Waals surface area contributed by atoms with Crippen LogP contribution >= 0.6 is 0 Å². The van der Waals surface area contributed by atoms with Crippen molar-refractivity contribution < 1.29 is 22.7 Å². The fraction of sp³-hybridized carbons (Fsp3) is 0.381. The van der Waals surface area contributed by atoms with Gasteiger partial charge in [-0.25, -0.2) is 13.1 Å². The van der Waals surface area contributed by atoms with E-state index in [1.165, 1.54) is 31.4 Å². The van der Waals surface area contributed by atoms with Crippen molar-refractivity contribution in [2.75, 3.05) is 32.2 Å². The molecule has 7 nitrogen and oxygen atoms in total. The smallest absolute Gasteiger partial charge is 0.262 e. The van der Waals surface area contributed by atoms with Gasteiger partial charge in [-0.15, -0.1) is 0 Å². The van der Waals surface area contributed by atoms with Gasteiger partial charge in [-0.1, -0.05) is 32.0 Å².